The lowest BCUT2D eigenvalue weighted by atomic mass is 10.2. The highest BCUT2D eigenvalue weighted by Gasteiger charge is 2.17. The summed E-state index contributed by atoms with van der Waals surface area (Å²) < 4.78 is 0. The lowest BCUT2D eigenvalue weighted by Crippen LogP contribution is -1.98. The van der Waals surface area contributed by atoms with E-state index in [-0.39, 0.29) is 11.3 Å². The SMILES string of the molecule is Cc1cccc(Sc2cc(C(=O)O)ccc2[N+](=O)[O-])c1. The van der Waals surface area contributed by atoms with Crippen molar-refractivity contribution in [1.82, 2.24) is 0 Å². The van der Waals surface area contributed by atoms with Crippen LogP contribution in [-0.4, -0.2) is 16.0 Å². The van der Waals surface area contributed by atoms with Crippen molar-refractivity contribution in [1.29, 1.82) is 0 Å². The van der Waals surface area contributed by atoms with Gasteiger partial charge in [0.1, 0.15) is 0 Å². The molecule has 0 aliphatic carbocycles. The number of benzene rings is 2. The van der Waals surface area contributed by atoms with Gasteiger partial charge in [0.25, 0.3) is 5.69 Å². The molecule has 0 aliphatic rings. The van der Waals surface area contributed by atoms with Crippen LogP contribution < -0.4 is 0 Å². The maximum atomic E-state index is 11.0. The highest BCUT2D eigenvalue weighted by atomic mass is 32.2. The van der Waals surface area contributed by atoms with Crippen molar-refractivity contribution in [3.63, 3.8) is 0 Å². The van der Waals surface area contributed by atoms with Crippen molar-refractivity contribution in [3.05, 3.63) is 63.7 Å². The second-order valence-corrected chi connectivity index (χ2v) is 5.28. The molecule has 2 aromatic carbocycles. The van der Waals surface area contributed by atoms with Crippen molar-refractivity contribution < 1.29 is 14.8 Å². The molecule has 5 nitrogen and oxygen atoms in total. The lowest BCUT2D eigenvalue weighted by molar-refractivity contribution is -0.387. The molecule has 0 radical (unpaired) electrons. The number of carbonyl (C=O) groups is 1. The van der Waals surface area contributed by atoms with Gasteiger partial charge in [-0.3, -0.25) is 10.1 Å². The maximum Gasteiger partial charge on any atom is 0.335 e. The number of nitrogens with zero attached hydrogens (tertiary/aromatic N) is 1. The molecular formula is C14H11NO4S. The number of aromatic carboxylic acids is 1. The molecule has 1 N–H and O–H groups in total. The number of hydrogen-bond acceptors (Lipinski definition) is 4. The molecule has 102 valence electrons. The number of hydrogen-bond donors (Lipinski definition) is 1. The molecule has 0 amide bonds. The number of nitro benzene ring substituents is 1. The van der Waals surface area contributed by atoms with Gasteiger partial charge in [0.2, 0.25) is 0 Å². The van der Waals surface area contributed by atoms with Gasteiger partial charge in [0, 0.05) is 11.0 Å². The number of carboxylic acid groups (broad SMARTS) is 1. The van der Waals surface area contributed by atoms with E-state index >= 15 is 0 Å². The molecule has 0 heterocycles. The normalized spacial score (nSPS) is 10.2. The van der Waals surface area contributed by atoms with Crippen LogP contribution >= 0.6 is 11.8 Å². The van der Waals surface area contributed by atoms with Crippen molar-refractivity contribution in [2.45, 2.75) is 16.7 Å². The van der Waals surface area contributed by atoms with Crippen LogP contribution in [0.25, 0.3) is 0 Å². The molecule has 0 fully saturated rings. The molecule has 6 heteroatoms. The molecule has 0 atom stereocenters. The first-order chi connectivity index (χ1) is 9.47. The summed E-state index contributed by atoms with van der Waals surface area (Å²) in [5.41, 5.74) is 0.972. The second kappa shape index (κ2) is 5.75. The Morgan fingerprint density at radius 1 is 1.25 bits per heavy atom. The number of nitro groups is 1. The van der Waals surface area contributed by atoms with Crippen LogP contribution in [0.2, 0.25) is 0 Å². The van der Waals surface area contributed by atoms with Crippen LogP contribution in [-0.2, 0) is 0 Å². The molecule has 0 aromatic heterocycles. The fourth-order valence-electron chi connectivity index (χ4n) is 1.69. The first kappa shape index (κ1) is 14.1. The minimum atomic E-state index is -1.11. The average molecular weight is 289 g/mol. The largest absolute Gasteiger partial charge is 0.478 e. The Bertz CT molecular complexity index is 685. The van der Waals surface area contributed by atoms with Crippen LogP contribution in [0, 0.1) is 17.0 Å². The van der Waals surface area contributed by atoms with Gasteiger partial charge in [-0.2, -0.15) is 0 Å². The average Bonchev–Trinajstić information content (AvgIpc) is 2.38. The summed E-state index contributed by atoms with van der Waals surface area (Å²) in [5, 5.41) is 20.0. The summed E-state index contributed by atoms with van der Waals surface area (Å²) in [4.78, 5) is 22.6. The van der Waals surface area contributed by atoms with Gasteiger partial charge >= 0.3 is 5.97 Å². The molecule has 2 rings (SSSR count). The summed E-state index contributed by atoms with van der Waals surface area (Å²) in [7, 11) is 0. The van der Waals surface area contributed by atoms with E-state index in [0.29, 0.717) is 4.90 Å². The molecule has 20 heavy (non-hydrogen) atoms. The number of aryl methyl sites for hydroxylation is 1. The highest BCUT2D eigenvalue weighted by molar-refractivity contribution is 7.99. The number of carboxylic acids is 1. The van der Waals surface area contributed by atoms with Crippen LogP contribution in [0.3, 0.4) is 0 Å². The fourth-order valence-corrected chi connectivity index (χ4v) is 2.76. The maximum absolute atomic E-state index is 11.0. The molecule has 0 saturated heterocycles. The van der Waals surface area contributed by atoms with Gasteiger partial charge in [-0.25, -0.2) is 4.79 Å². The Morgan fingerprint density at radius 2 is 2.00 bits per heavy atom. The predicted octanol–water partition coefficient (Wildman–Crippen LogP) is 3.75. The molecule has 0 saturated carbocycles. The molecule has 0 unspecified atom stereocenters. The van der Waals surface area contributed by atoms with Gasteiger partial charge < -0.3 is 5.11 Å². The van der Waals surface area contributed by atoms with Crippen molar-refractivity contribution in [3.8, 4) is 0 Å². The van der Waals surface area contributed by atoms with Gasteiger partial charge in [-0.05, 0) is 31.2 Å². The lowest BCUT2D eigenvalue weighted by Gasteiger charge is -2.05. The topological polar surface area (TPSA) is 80.4 Å². The number of rotatable bonds is 4. The summed E-state index contributed by atoms with van der Waals surface area (Å²) in [6, 6.07) is 11.3. The van der Waals surface area contributed by atoms with E-state index in [1.807, 2.05) is 31.2 Å². The second-order valence-electron chi connectivity index (χ2n) is 4.16. The van der Waals surface area contributed by atoms with E-state index in [4.69, 9.17) is 5.11 Å². The molecule has 0 aliphatic heterocycles. The third-order valence-corrected chi connectivity index (χ3v) is 3.66. The summed E-state index contributed by atoms with van der Waals surface area (Å²) in [6.07, 6.45) is 0. The minimum Gasteiger partial charge on any atom is -0.478 e. The van der Waals surface area contributed by atoms with E-state index in [2.05, 4.69) is 0 Å². The summed E-state index contributed by atoms with van der Waals surface area (Å²) >= 11 is 1.18. The van der Waals surface area contributed by atoms with Gasteiger partial charge in [0.05, 0.1) is 15.4 Å². The first-order valence-electron chi connectivity index (χ1n) is 5.73. The Morgan fingerprint density at radius 3 is 2.60 bits per heavy atom. The first-order valence-corrected chi connectivity index (χ1v) is 6.55. The third-order valence-electron chi connectivity index (χ3n) is 2.62. The molecular weight excluding hydrogens is 278 g/mol. The third kappa shape index (κ3) is 3.16. The zero-order chi connectivity index (χ0) is 14.7. The zero-order valence-corrected chi connectivity index (χ0v) is 11.4. The van der Waals surface area contributed by atoms with Crippen molar-refractivity contribution in [2.75, 3.05) is 0 Å². The molecule has 0 bridgehead atoms. The Kier molecular flexibility index (Phi) is 4.05. The van der Waals surface area contributed by atoms with E-state index in [1.54, 1.807) is 0 Å². The van der Waals surface area contributed by atoms with Crippen LogP contribution in [0.5, 0.6) is 0 Å². The fraction of sp³-hybridized carbons (Fsp3) is 0.0714. The van der Waals surface area contributed by atoms with E-state index < -0.39 is 10.9 Å². The Hall–Kier alpha value is -2.34. The summed E-state index contributed by atoms with van der Waals surface area (Å²) in [6.45, 7) is 1.92. The summed E-state index contributed by atoms with van der Waals surface area (Å²) in [5.74, 6) is -1.11. The predicted molar refractivity (Wildman–Crippen MR) is 75.4 cm³/mol. The highest BCUT2D eigenvalue weighted by Crippen LogP contribution is 2.35. The van der Waals surface area contributed by atoms with Crippen LogP contribution in [0.15, 0.2) is 52.3 Å². The van der Waals surface area contributed by atoms with E-state index in [9.17, 15) is 14.9 Å². The smallest absolute Gasteiger partial charge is 0.335 e. The Labute approximate surface area is 119 Å². The monoisotopic (exact) mass is 289 g/mol. The minimum absolute atomic E-state index is 0.0331. The zero-order valence-electron chi connectivity index (χ0n) is 10.6. The van der Waals surface area contributed by atoms with E-state index in [1.165, 1.54) is 30.0 Å². The molecule has 2 aromatic rings. The van der Waals surface area contributed by atoms with Crippen LogP contribution in [0.4, 0.5) is 5.69 Å². The van der Waals surface area contributed by atoms with Gasteiger partial charge in [-0.1, -0.05) is 29.5 Å². The van der Waals surface area contributed by atoms with Crippen molar-refractivity contribution in [2.24, 2.45) is 0 Å². The molecule has 0 spiro atoms. The van der Waals surface area contributed by atoms with Gasteiger partial charge in [-0.15, -0.1) is 0 Å². The van der Waals surface area contributed by atoms with Crippen LogP contribution in [0.1, 0.15) is 15.9 Å². The van der Waals surface area contributed by atoms with Crippen molar-refractivity contribution >= 4 is 23.4 Å². The standard InChI is InChI=1S/C14H11NO4S/c1-9-3-2-4-11(7-9)20-13-8-10(14(16)17)5-6-12(13)15(18)19/h2-8H,1H3,(H,16,17). The Balaban J connectivity index is 2.44. The van der Waals surface area contributed by atoms with Gasteiger partial charge in [0.15, 0.2) is 0 Å². The van der Waals surface area contributed by atoms with E-state index in [0.717, 1.165) is 10.5 Å². The quantitative estimate of drug-likeness (QED) is 0.684.